The minimum absolute atomic E-state index is 0.180. The Hall–Kier alpha value is -3.07. The number of methoxy groups -OCH3 is 1. The summed E-state index contributed by atoms with van der Waals surface area (Å²) in [7, 11) is -1.42. The second-order valence-corrected chi connectivity index (χ2v) is 15.4. The van der Waals surface area contributed by atoms with E-state index in [2.05, 4.69) is 79.5 Å². The average Bonchev–Trinajstić information content (AvgIpc) is 3.44. The van der Waals surface area contributed by atoms with Crippen LogP contribution in [-0.2, 0) is 9.16 Å². The maximum atomic E-state index is 12.6. The Kier molecular flexibility index (Phi) is 7.31. The Morgan fingerprint density at radius 1 is 0.972 bits per heavy atom. The van der Waals surface area contributed by atoms with Crippen molar-refractivity contribution in [2.75, 3.05) is 7.11 Å². The van der Waals surface area contributed by atoms with Crippen LogP contribution in [0.25, 0.3) is 5.00 Å². The lowest BCUT2D eigenvalue weighted by molar-refractivity contribution is 0.0601. The van der Waals surface area contributed by atoms with E-state index in [0.717, 1.165) is 9.88 Å². The summed E-state index contributed by atoms with van der Waals surface area (Å²) in [4.78, 5) is 13.6. The molecule has 0 spiro atoms. The average molecular weight is 520 g/mol. The van der Waals surface area contributed by atoms with Crippen LogP contribution in [0.3, 0.4) is 0 Å². The first-order valence-electron chi connectivity index (χ1n) is 12.0. The van der Waals surface area contributed by atoms with E-state index in [0.29, 0.717) is 17.2 Å². The van der Waals surface area contributed by atoms with Gasteiger partial charge in [0.05, 0.1) is 12.7 Å². The molecule has 4 rings (SSSR count). The fourth-order valence-corrected chi connectivity index (χ4v) is 10.5. The zero-order valence-corrected chi connectivity index (χ0v) is 23.7. The number of rotatable bonds is 7. The number of benzene rings is 2. The van der Waals surface area contributed by atoms with Crippen molar-refractivity contribution in [1.82, 2.24) is 14.8 Å². The zero-order valence-electron chi connectivity index (χ0n) is 21.9. The molecule has 2 aromatic carbocycles. The van der Waals surface area contributed by atoms with Crippen molar-refractivity contribution in [3.8, 4) is 5.00 Å². The van der Waals surface area contributed by atoms with E-state index < -0.39 is 14.4 Å². The van der Waals surface area contributed by atoms with Gasteiger partial charge in [-0.3, -0.25) is 4.57 Å². The number of esters is 1. The SMILES string of the molecule is COC(=O)c1cc(C)sc1-n1c(C)nnc1C(C)O[Si](c1ccccc1)(c1ccccc1)C(C)(C)C. The summed E-state index contributed by atoms with van der Waals surface area (Å²) in [5.74, 6) is 0.969. The Balaban J connectivity index is 1.89. The molecule has 0 bridgehead atoms. The molecule has 0 amide bonds. The summed E-state index contributed by atoms with van der Waals surface area (Å²) in [6.07, 6.45) is -0.398. The maximum absolute atomic E-state index is 12.6. The number of thiophene rings is 1. The molecule has 0 saturated carbocycles. The largest absolute Gasteiger partial charge is 0.465 e. The Bertz CT molecular complexity index is 1300. The molecule has 36 heavy (non-hydrogen) atoms. The molecule has 0 aliphatic rings. The summed E-state index contributed by atoms with van der Waals surface area (Å²) >= 11 is 1.52. The van der Waals surface area contributed by atoms with Gasteiger partial charge in [-0.05, 0) is 42.2 Å². The highest BCUT2D eigenvalue weighted by molar-refractivity contribution is 7.14. The minimum Gasteiger partial charge on any atom is -0.465 e. The van der Waals surface area contributed by atoms with Crippen molar-refractivity contribution in [1.29, 1.82) is 0 Å². The van der Waals surface area contributed by atoms with Crippen molar-refractivity contribution in [2.24, 2.45) is 0 Å². The predicted molar refractivity (Wildman–Crippen MR) is 147 cm³/mol. The number of aromatic nitrogens is 3. The number of aryl methyl sites for hydroxylation is 2. The second-order valence-electron chi connectivity index (χ2n) is 9.93. The number of nitrogens with zero attached hydrogens (tertiary/aromatic N) is 3. The van der Waals surface area contributed by atoms with E-state index in [1.807, 2.05) is 43.5 Å². The lowest BCUT2D eigenvalue weighted by atomic mass is 10.2. The molecular weight excluding hydrogens is 486 g/mol. The third-order valence-corrected chi connectivity index (χ3v) is 12.6. The number of hydrogen-bond donors (Lipinski definition) is 0. The van der Waals surface area contributed by atoms with Crippen molar-refractivity contribution in [3.63, 3.8) is 0 Å². The van der Waals surface area contributed by atoms with Crippen LogP contribution in [0, 0.1) is 13.8 Å². The molecule has 4 aromatic rings. The maximum Gasteiger partial charge on any atom is 0.340 e. The van der Waals surface area contributed by atoms with Crippen LogP contribution in [0.2, 0.25) is 5.04 Å². The van der Waals surface area contributed by atoms with Gasteiger partial charge in [0.1, 0.15) is 16.9 Å². The van der Waals surface area contributed by atoms with Crippen molar-refractivity contribution in [3.05, 3.63) is 88.8 Å². The predicted octanol–water partition coefficient (Wildman–Crippen LogP) is 5.37. The van der Waals surface area contributed by atoms with Crippen LogP contribution in [-0.4, -0.2) is 36.2 Å². The molecule has 8 heteroatoms. The monoisotopic (exact) mass is 519 g/mol. The second kappa shape index (κ2) is 10.1. The van der Waals surface area contributed by atoms with E-state index in [4.69, 9.17) is 9.16 Å². The summed E-state index contributed by atoms with van der Waals surface area (Å²) < 4.78 is 14.3. The molecule has 6 nitrogen and oxygen atoms in total. The molecule has 188 valence electrons. The van der Waals surface area contributed by atoms with Gasteiger partial charge in [-0.1, -0.05) is 81.4 Å². The number of carbonyl (C=O) groups is 1. The molecule has 0 radical (unpaired) electrons. The fourth-order valence-electron chi connectivity index (χ4n) is 4.83. The van der Waals surface area contributed by atoms with E-state index in [-0.39, 0.29) is 11.0 Å². The van der Waals surface area contributed by atoms with E-state index in [1.165, 1.54) is 28.8 Å². The van der Waals surface area contributed by atoms with Gasteiger partial charge in [0, 0.05) is 4.88 Å². The summed E-state index contributed by atoms with van der Waals surface area (Å²) in [5, 5.41) is 11.9. The first kappa shape index (κ1) is 26.0. The van der Waals surface area contributed by atoms with E-state index in [1.54, 1.807) is 0 Å². The zero-order chi connectivity index (χ0) is 26.1. The molecule has 0 saturated heterocycles. The summed E-state index contributed by atoms with van der Waals surface area (Å²) in [6.45, 7) is 12.6. The molecule has 0 aliphatic carbocycles. The smallest absolute Gasteiger partial charge is 0.340 e. The highest BCUT2D eigenvalue weighted by Crippen LogP contribution is 2.40. The van der Waals surface area contributed by atoms with Crippen molar-refractivity contribution >= 4 is 36.0 Å². The number of carbonyl (C=O) groups excluding carboxylic acids is 1. The standard InChI is InChI=1S/C28H33N3O3SSi/c1-19-18-24(27(32)33-7)26(35-19)31-21(3)29-30-25(31)20(2)34-36(28(4,5)6,22-14-10-8-11-15-22)23-16-12-9-13-17-23/h8-18,20H,1-7H3. The van der Waals surface area contributed by atoms with Crippen LogP contribution < -0.4 is 10.4 Å². The highest BCUT2D eigenvalue weighted by Gasteiger charge is 2.51. The van der Waals surface area contributed by atoms with Gasteiger partial charge < -0.3 is 9.16 Å². The van der Waals surface area contributed by atoms with Gasteiger partial charge in [0.15, 0.2) is 5.82 Å². The van der Waals surface area contributed by atoms with Gasteiger partial charge in [-0.15, -0.1) is 21.5 Å². The highest BCUT2D eigenvalue weighted by atomic mass is 32.1. The van der Waals surface area contributed by atoms with Gasteiger partial charge in [0.2, 0.25) is 0 Å². The Morgan fingerprint density at radius 3 is 2.03 bits per heavy atom. The van der Waals surface area contributed by atoms with E-state index in [9.17, 15) is 4.79 Å². The Labute approximate surface area is 218 Å². The Morgan fingerprint density at radius 2 is 1.53 bits per heavy atom. The molecule has 1 atom stereocenters. The molecule has 0 fully saturated rings. The van der Waals surface area contributed by atoms with Crippen LogP contribution in [0.5, 0.6) is 0 Å². The first-order valence-corrected chi connectivity index (χ1v) is 14.7. The van der Waals surface area contributed by atoms with E-state index >= 15 is 0 Å². The van der Waals surface area contributed by atoms with Crippen LogP contribution in [0.4, 0.5) is 0 Å². The molecule has 2 aromatic heterocycles. The fraction of sp³-hybridized carbons (Fsp3) is 0.321. The lowest BCUT2D eigenvalue weighted by Crippen LogP contribution is -2.66. The van der Waals surface area contributed by atoms with Gasteiger partial charge >= 0.3 is 5.97 Å². The first-order chi connectivity index (χ1) is 17.1. The molecule has 0 N–H and O–H groups in total. The lowest BCUT2D eigenvalue weighted by Gasteiger charge is -2.44. The van der Waals surface area contributed by atoms with Gasteiger partial charge in [0.25, 0.3) is 8.32 Å². The molecule has 2 heterocycles. The van der Waals surface area contributed by atoms with Crippen molar-refractivity contribution < 1.29 is 14.0 Å². The topological polar surface area (TPSA) is 66.2 Å². The molecular formula is C28H33N3O3SSi. The van der Waals surface area contributed by atoms with Crippen LogP contribution in [0.15, 0.2) is 66.7 Å². The molecule has 1 unspecified atom stereocenters. The summed E-state index contributed by atoms with van der Waals surface area (Å²) in [6, 6.07) is 22.9. The third-order valence-electron chi connectivity index (χ3n) is 6.43. The minimum atomic E-state index is -2.82. The number of hydrogen-bond acceptors (Lipinski definition) is 6. The number of ether oxygens (including phenoxy) is 1. The van der Waals surface area contributed by atoms with Crippen molar-refractivity contribution in [2.45, 2.75) is 52.7 Å². The quantitative estimate of drug-likeness (QED) is 0.243. The van der Waals surface area contributed by atoms with Crippen LogP contribution >= 0.6 is 11.3 Å². The summed E-state index contributed by atoms with van der Waals surface area (Å²) in [5.41, 5.74) is 0.502. The van der Waals surface area contributed by atoms with Gasteiger partial charge in [-0.25, -0.2) is 4.79 Å². The molecule has 0 aliphatic heterocycles. The normalized spacial score (nSPS) is 13.0. The third kappa shape index (κ3) is 4.56. The van der Waals surface area contributed by atoms with Gasteiger partial charge in [-0.2, -0.15) is 0 Å². The van der Waals surface area contributed by atoms with Crippen LogP contribution in [0.1, 0.15) is 60.7 Å².